The Hall–Kier alpha value is -6.70. The molecule has 1 N–H and O–H groups in total. The lowest BCUT2D eigenvalue weighted by molar-refractivity contribution is -0.145. The molecular weight excluding hydrogens is 881 g/mol. The van der Waals surface area contributed by atoms with Crippen LogP contribution in [0.15, 0.2) is 108 Å². The number of fused-ring (bicyclic) bond motifs is 2. The number of allylic oxidation sites excluding steroid dienone is 3. The molecule has 1 atom stereocenters. The van der Waals surface area contributed by atoms with Crippen LogP contribution in [-0.4, -0.2) is 111 Å². The fourth-order valence-corrected chi connectivity index (χ4v) is 9.33. The third kappa shape index (κ3) is 10.7. The van der Waals surface area contributed by atoms with Crippen LogP contribution in [0.4, 0.5) is 4.39 Å². The van der Waals surface area contributed by atoms with Crippen molar-refractivity contribution in [3.05, 3.63) is 136 Å². The largest absolute Gasteiger partial charge is 0.496 e. The van der Waals surface area contributed by atoms with Crippen molar-refractivity contribution in [1.29, 1.82) is 0 Å². The molecule has 2 aliphatic rings. The number of likely N-dealkylation sites (N-methyl/N-ethyl adjacent to an activating group) is 1. The highest BCUT2D eigenvalue weighted by atomic mass is 35.5. The van der Waals surface area contributed by atoms with Crippen molar-refractivity contribution in [3.63, 3.8) is 0 Å². The first-order valence-corrected chi connectivity index (χ1v) is 22.6. The summed E-state index contributed by atoms with van der Waals surface area (Å²) in [4.78, 5) is 53.5. The summed E-state index contributed by atoms with van der Waals surface area (Å²) in [5, 5.41) is 11.3. The standard InChI is InChI=1S/C50H47ClFN7O6S/c1-4-39(51)40-10-7-9-38-45-48(54-31-55-49(45)66-46(38)33-14-16-35(52)17-15-33)65-43(50(61)62)29-34-28-32(13-19-44(60)59(40)27-26-58-24-22-57(2)23-25-58)12-18-41(34)64-30-36-20-21-53-47(56-36)37-8-5-6-11-42(37)63-3/h1,5-8,10-12,14-18,20-21,28,31,43H,9,13,19,22-27,29-30H2,2-3H3,(H,61,62)/b10-7-,40-39-/t43-/m1/s1. The molecule has 0 aliphatic carbocycles. The van der Waals surface area contributed by atoms with Gasteiger partial charge in [0, 0.05) is 63.2 Å². The van der Waals surface area contributed by atoms with Crippen LogP contribution in [0.2, 0.25) is 0 Å². The molecule has 0 unspecified atom stereocenters. The van der Waals surface area contributed by atoms with Crippen molar-refractivity contribution >= 4 is 45.0 Å². The van der Waals surface area contributed by atoms with Gasteiger partial charge in [-0.25, -0.2) is 29.1 Å². The summed E-state index contributed by atoms with van der Waals surface area (Å²) in [6.45, 7) is 4.52. The molecule has 6 aromatic rings. The monoisotopic (exact) mass is 927 g/mol. The van der Waals surface area contributed by atoms with Gasteiger partial charge < -0.3 is 29.1 Å². The third-order valence-electron chi connectivity index (χ3n) is 11.6. The molecular formula is C50H47ClFN7O6S. The van der Waals surface area contributed by atoms with Gasteiger partial charge in [0.05, 0.1) is 29.5 Å². The number of methoxy groups -OCH3 is 1. The summed E-state index contributed by atoms with van der Waals surface area (Å²) in [6.07, 6.45) is 11.6. The zero-order valence-corrected chi connectivity index (χ0v) is 38.0. The molecule has 3 aromatic heterocycles. The van der Waals surface area contributed by atoms with Gasteiger partial charge in [-0.15, -0.1) is 17.8 Å². The van der Waals surface area contributed by atoms with Crippen LogP contribution >= 0.6 is 22.9 Å². The number of halogens is 2. The first-order chi connectivity index (χ1) is 32.1. The van der Waals surface area contributed by atoms with E-state index in [2.05, 4.69) is 37.7 Å². The van der Waals surface area contributed by atoms with E-state index < -0.39 is 17.9 Å². The Morgan fingerprint density at radius 3 is 2.59 bits per heavy atom. The van der Waals surface area contributed by atoms with Crippen LogP contribution in [0.1, 0.15) is 28.8 Å². The molecule has 1 fully saturated rings. The highest BCUT2D eigenvalue weighted by molar-refractivity contribution is 7.22. The van der Waals surface area contributed by atoms with Gasteiger partial charge in [-0.3, -0.25) is 9.69 Å². The number of rotatable bonds is 10. The number of ether oxygens (including phenoxy) is 3. The van der Waals surface area contributed by atoms with E-state index in [9.17, 15) is 19.1 Å². The number of hydrogen-bond acceptors (Lipinski definition) is 12. The number of carboxylic acid groups (broad SMARTS) is 1. The van der Waals surface area contributed by atoms with Gasteiger partial charge >= 0.3 is 5.97 Å². The Bertz CT molecular complexity index is 2840. The predicted molar refractivity (Wildman–Crippen MR) is 252 cm³/mol. The molecule has 338 valence electrons. The Kier molecular flexibility index (Phi) is 14.6. The van der Waals surface area contributed by atoms with Crippen LogP contribution in [0.3, 0.4) is 0 Å². The molecule has 13 nitrogen and oxygen atoms in total. The van der Waals surface area contributed by atoms with E-state index in [1.165, 1.54) is 29.8 Å². The van der Waals surface area contributed by atoms with Gasteiger partial charge in [0.1, 0.15) is 40.1 Å². The average Bonchev–Trinajstić information content (AvgIpc) is 3.71. The van der Waals surface area contributed by atoms with Crippen molar-refractivity contribution in [1.82, 2.24) is 34.6 Å². The number of carbonyl (C=O) groups is 2. The average molecular weight is 928 g/mol. The molecule has 5 heterocycles. The number of aryl methyl sites for hydroxylation is 1. The lowest BCUT2D eigenvalue weighted by Gasteiger charge is -2.34. The number of para-hydroxylation sites is 1. The van der Waals surface area contributed by atoms with Gasteiger partial charge in [0.15, 0.2) is 5.82 Å². The minimum atomic E-state index is -1.43. The first kappa shape index (κ1) is 45.9. The predicted octanol–water partition coefficient (Wildman–Crippen LogP) is 7.82. The molecule has 1 amide bonds. The van der Waals surface area contributed by atoms with E-state index in [4.69, 9.17) is 37.2 Å². The van der Waals surface area contributed by atoms with Gasteiger partial charge in [-0.1, -0.05) is 60.0 Å². The molecule has 16 heteroatoms. The minimum Gasteiger partial charge on any atom is -0.496 e. The van der Waals surface area contributed by atoms with Crippen LogP contribution < -0.4 is 14.2 Å². The van der Waals surface area contributed by atoms with E-state index in [1.807, 2.05) is 42.5 Å². The van der Waals surface area contributed by atoms with E-state index in [1.54, 1.807) is 48.5 Å². The third-order valence-corrected chi connectivity index (χ3v) is 13.1. The van der Waals surface area contributed by atoms with Crippen LogP contribution in [0, 0.1) is 18.2 Å². The second kappa shape index (κ2) is 21.1. The minimum absolute atomic E-state index is 0.0331. The Morgan fingerprint density at radius 2 is 1.82 bits per heavy atom. The summed E-state index contributed by atoms with van der Waals surface area (Å²) < 4.78 is 32.6. The quantitative estimate of drug-likeness (QED) is 0.134. The molecule has 1 saturated heterocycles. The number of amides is 1. The molecule has 2 aliphatic heterocycles. The summed E-state index contributed by atoms with van der Waals surface area (Å²) in [6, 6.07) is 20.8. The smallest absolute Gasteiger partial charge is 0.345 e. The van der Waals surface area contributed by atoms with Crippen molar-refractivity contribution in [2.24, 2.45) is 0 Å². The van der Waals surface area contributed by atoms with Crippen LogP contribution in [0.5, 0.6) is 17.4 Å². The zero-order valence-electron chi connectivity index (χ0n) is 36.5. The molecule has 0 radical (unpaired) electrons. The number of hydrogen-bond donors (Lipinski definition) is 1. The van der Waals surface area contributed by atoms with Crippen molar-refractivity contribution in [3.8, 4) is 51.6 Å². The van der Waals surface area contributed by atoms with E-state index in [0.29, 0.717) is 80.7 Å². The number of aromatic nitrogens is 4. The second-order valence-corrected chi connectivity index (χ2v) is 17.2. The molecule has 0 spiro atoms. The molecule has 8 rings (SSSR count). The Morgan fingerprint density at radius 1 is 1.02 bits per heavy atom. The summed E-state index contributed by atoms with van der Waals surface area (Å²) in [5.74, 6) is 2.29. The summed E-state index contributed by atoms with van der Waals surface area (Å²) >= 11 is 8.16. The summed E-state index contributed by atoms with van der Waals surface area (Å²) in [5.41, 5.74) is 4.40. The maximum Gasteiger partial charge on any atom is 0.345 e. The number of terminal acetylenes is 1. The summed E-state index contributed by atoms with van der Waals surface area (Å²) in [7, 11) is 3.68. The number of thiophene rings is 1. The van der Waals surface area contributed by atoms with Crippen molar-refractivity contribution in [2.45, 2.75) is 38.4 Å². The fraction of sp³-hybridized carbons (Fsp3) is 0.280. The number of piperazine rings is 1. The van der Waals surface area contributed by atoms with E-state index in [-0.39, 0.29) is 42.7 Å². The van der Waals surface area contributed by atoms with E-state index in [0.717, 1.165) is 36.6 Å². The zero-order chi connectivity index (χ0) is 46.2. The van der Waals surface area contributed by atoms with Gasteiger partial charge in [-0.2, -0.15) is 0 Å². The number of aliphatic carboxylic acids is 1. The Balaban J connectivity index is 1.20. The van der Waals surface area contributed by atoms with Gasteiger partial charge in [-0.05, 0) is 84.6 Å². The maximum atomic E-state index is 14.5. The fourth-order valence-electron chi connectivity index (χ4n) is 7.99. The molecule has 0 saturated carbocycles. The number of carbonyl (C=O) groups excluding carboxylic acids is 1. The number of benzene rings is 3. The lowest BCUT2D eigenvalue weighted by Crippen LogP contribution is -2.47. The van der Waals surface area contributed by atoms with Gasteiger partial charge in [0.25, 0.3) is 0 Å². The van der Waals surface area contributed by atoms with E-state index >= 15 is 0 Å². The second-order valence-electron chi connectivity index (χ2n) is 15.9. The van der Waals surface area contributed by atoms with Crippen molar-refractivity contribution in [2.75, 3.05) is 53.4 Å². The van der Waals surface area contributed by atoms with Crippen LogP contribution in [0.25, 0.3) is 32.0 Å². The topological polar surface area (TPSA) is 143 Å². The normalized spacial score (nSPS) is 17.7. The number of carboxylic acids is 1. The maximum absolute atomic E-state index is 14.5. The molecule has 2 bridgehead atoms. The highest BCUT2D eigenvalue weighted by Gasteiger charge is 2.28. The lowest BCUT2D eigenvalue weighted by atomic mass is 10.0. The molecule has 3 aromatic carbocycles. The highest BCUT2D eigenvalue weighted by Crippen LogP contribution is 2.42. The first-order valence-electron chi connectivity index (χ1n) is 21.4. The van der Waals surface area contributed by atoms with Gasteiger partial charge in [0.2, 0.25) is 17.9 Å². The Labute approximate surface area is 391 Å². The van der Waals surface area contributed by atoms with Crippen LogP contribution in [-0.2, 0) is 35.5 Å². The number of nitrogens with zero attached hydrogens (tertiary/aromatic N) is 7. The SMILES string of the molecule is C#C/C(Cl)=C1\C=C/Cc2c(-c3ccc(F)cc3)sc3ncnc(c23)O[C@@H](C(=O)O)Cc2cc(ccc2OCc2ccnc(-c3ccccc3OC)n2)CCC(=O)N1CCN1CCN(C)CC1. The molecule has 66 heavy (non-hydrogen) atoms. The van der Waals surface area contributed by atoms with Crippen molar-refractivity contribution < 1.29 is 33.3 Å².